The minimum atomic E-state index is 0.211. The third kappa shape index (κ3) is 2.03. The van der Waals surface area contributed by atoms with Crippen LogP contribution in [0.3, 0.4) is 0 Å². The molecule has 0 fully saturated rings. The summed E-state index contributed by atoms with van der Waals surface area (Å²) in [6.07, 6.45) is 2.16. The quantitative estimate of drug-likeness (QED) is 0.853. The molecule has 0 aromatic heterocycles. The van der Waals surface area contributed by atoms with Crippen LogP contribution in [0.25, 0.3) is 0 Å². The van der Waals surface area contributed by atoms with Crippen molar-refractivity contribution in [1.29, 1.82) is 0 Å². The zero-order valence-corrected chi connectivity index (χ0v) is 9.67. The van der Waals surface area contributed by atoms with Gasteiger partial charge in [-0.25, -0.2) is 0 Å². The predicted molar refractivity (Wildman–Crippen MR) is 62.2 cm³/mol. The third-order valence-electron chi connectivity index (χ3n) is 3.17. The van der Waals surface area contributed by atoms with Crippen LogP contribution in [0, 0.1) is 0 Å². The summed E-state index contributed by atoms with van der Waals surface area (Å²) in [5, 5.41) is 9.81. The molecule has 1 aliphatic rings. The third-order valence-corrected chi connectivity index (χ3v) is 3.52. The van der Waals surface area contributed by atoms with Crippen LogP contribution < -0.4 is 0 Å². The molecule has 0 saturated carbocycles. The Morgan fingerprint density at radius 3 is 3.07 bits per heavy atom. The Morgan fingerprint density at radius 1 is 1.53 bits per heavy atom. The molecule has 1 aliphatic carbocycles. The van der Waals surface area contributed by atoms with Gasteiger partial charge in [-0.1, -0.05) is 23.7 Å². The van der Waals surface area contributed by atoms with Gasteiger partial charge in [0.2, 0.25) is 0 Å². The highest BCUT2D eigenvalue weighted by Crippen LogP contribution is 2.38. The summed E-state index contributed by atoms with van der Waals surface area (Å²) in [7, 11) is 2.05. The molecule has 1 N–H and O–H groups in total. The number of aliphatic hydroxyl groups is 1. The largest absolute Gasteiger partial charge is 0.395 e. The second-order valence-electron chi connectivity index (χ2n) is 4.07. The van der Waals surface area contributed by atoms with Crippen LogP contribution in [0.1, 0.15) is 23.6 Å². The minimum absolute atomic E-state index is 0.211. The maximum Gasteiger partial charge on any atom is 0.0558 e. The number of aliphatic hydroxyl groups excluding tert-OH is 1. The van der Waals surface area contributed by atoms with Gasteiger partial charge < -0.3 is 5.11 Å². The van der Waals surface area contributed by atoms with Gasteiger partial charge in [-0.05, 0) is 37.1 Å². The number of likely N-dealkylation sites (N-methyl/N-ethyl adjacent to an activating group) is 1. The average molecular weight is 226 g/mol. The van der Waals surface area contributed by atoms with Gasteiger partial charge in [-0.3, -0.25) is 4.90 Å². The molecule has 3 heteroatoms. The van der Waals surface area contributed by atoms with Crippen molar-refractivity contribution in [3.63, 3.8) is 0 Å². The summed E-state index contributed by atoms with van der Waals surface area (Å²) in [6, 6.07) is 6.53. The first-order chi connectivity index (χ1) is 7.24. The first-order valence-electron chi connectivity index (χ1n) is 5.32. The van der Waals surface area contributed by atoms with E-state index in [2.05, 4.69) is 18.0 Å². The lowest BCUT2D eigenvalue weighted by Gasteiger charge is -2.24. The molecule has 0 aliphatic heterocycles. The number of fused-ring (bicyclic) bond motifs is 1. The van der Waals surface area contributed by atoms with E-state index in [9.17, 15) is 0 Å². The van der Waals surface area contributed by atoms with E-state index < -0.39 is 0 Å². The van der Waals surface area contributed by atoms with Crippen LogP contribution in [0.5, 0.6) is 0 Å². The summed E-state index contributed by atoms with van der Waals surface area (Å²) in [5.41, 5.74) is 2.62. The molecule has 1 aromatic rings. The lowest BCUT2D eigenvalue weighted by atomic mass is 10.1. The highest BCUT2D eigenvalue weighted by molar-refractivity contribution is 6.31. The molecule has 1 atom stereocenters. The van der Waals surface area contributed by atoms with Crippen molar-refractivity contribution in [1.82, 2.24) is 4.90 Å². The molecule has 1 aromatic carbocycles. The molecule has 15 heavy (non-hydrogen) atoms. The summed E-state index contributed by atoms with van der Waals surface area (Å²) in [4.78, 5) is 2.20. The first kappa shape index (κ1) is 10.9. The zero-order chi connectivity index (χ0) is 10.8. The molecule has 0 saturated heterocycles. The maximum absolute atomic E-state index is 8.93. The van der Waals surface area contributed by atoms with Crippen LogP contribution in [0.4, 0.5) is 0 Å². The second-order valence-corrected chi connectivity index (χ2v) is 4.47. The molecule has 0 heterocycles. The van der Waals surface area contributed by atoms with E-state index in [0.29, 0.717) is 6.04 Å². The predicted octanol–water partition coefficient (Wildman–Crippen LogP) is 2.25. The van der Waals surface area contributed by atoms with Gasteiger partial charge in [0.25, 0.3) is 0 Å². The number of rotatable bonds is 3. The van der Waals surface area contributed by atoms with Crippen LogP contribution in [0.2, 0.25) is 5.02 Å². The lowest BCUT2D eigenvalue weighted by molar-refractivity contribution is 0.180. The highest BCUT2D eigenvalue weighted by atomic mass is 35.5. The zero-order valence-electron chi connectivity index (χ0n) is 8.91. The lowest BCUT2D eigenvalue weighted by Crippen LogP contribution is -2.25. The fraction of sp³-hybridized carbons (Fsp3) is 0.500. The Balaban J connectivity index is 2.25. The first-order valence-corrected chi connectivity index (χ1v) is 5.70. The Morgan fingerprint density at radius 2 is 2.33 bits per heavy atom. The molecule has 0 radical (unpaired) electrons. The van der Waals surface area contributed by atoms with Crippen molar-refractivity contribution in [3.05, 3.63) is 34.3 Å². The van der Waals surface area contributed by atoms with Crippen molar-refractivity contribution in [2.24, 2.45) is 0 Å². The van der Waals surface area contributed by atoms with Crippen LogP contribution >= 0.6 is 11.6 Å². The van der Waals surface area contributed by atoms with E-state index in [-0.39, 0.29) is 6.61 Å². The summed E-state index contributed by atoms with van der Waals surface area (Å²) in [5.74, 6) is 0. The van der Waals surface area contributed by atoms with Gasteiger partial charge in [-0.15, -0.1) is 0 Å². The van der Waals surface area contributed by atoms with Crippen molar-refractivity contribution in [2.45, 2.75) is 18.9 Å². The topological polar surface area (TPSA) is 23.5 Å². The molecule has 2 rings (SSSR count). The van der Waals surface area contributed by atoms with E-state index in [1.807, 2.05) is 12.1 Å². The molecule has 82 valence electrons. The fourth-order valence-corrected chi connectivity index (χ4v) is 2.64. The van der Waals surface area contributed by atoms with Crippen LogP contribution in [-0.2, 0) is 6.42 Å². The molecule has 0 bridgehead atoms. The minimum Gasteiger partial charge on any atom is -0.395 e. The molecular formula is C12H16ClNO. The van der Waals surface area contributed by atoms with Crippen molar-refractivity contribution < 1.29 is 5.11 Å². The standard InChI is InChI=1S/C12H16ClNO/c1-14(7-8-15)12-6-5-9-10(12)3-2-4-11(9)13/h2-4,12,15H,5-8H2,1H3. The Kier molecular flexibility index (Phi) is 3.29. The Hall–Kier alpha value is -0.570. The second kappa shape index (κ2) is 4.52. The molecule has 1 unspecified atom stereocenters. The van der Waals surface area contributed by atoms with Gasteiger partial charge in [0.15, 0.2) is 0 Å². The number of benzene rings is 1. The summed E-state index contributed by atoms with van der Waals surface area (Å²) >= 11 is 6.15. The van der Waals surface area contributed by atoms with Crippen molar-refractivity contribution in [3.8, 4) is 0 Å². The summed E-state index contributed by atoms with van der Waals surface area (Å²) < 4.78 is 0. The van der Waals surface area contributed by atoms with Crippen molar-refractivity contribution >= 4 is 11.6 Å². The van der Waals surface area contributed by atoms with E-state index >= 15 is 0 Å². The maximum atomic E-state index is 8.93. The van der Waals surface area contributed by atoms with Crippen LogP contribution in [-0.4, -0.2) is 30.2 Å². The van der Waals surface area contributed by atoms with Gasteiger partial charge in [-0.2, -0.15) is 0 Å². The van der Waals surface area contributed by atoms with E-state index in [1.165, 1.54) is 11.1 Å². The Bertz CT molecular complexity index is 353. The number of nitrogens with zero attached hydrogens (tertiary/aromatic N) is 1. The van der Waals surface area contributed by atoms with E-state index in [0.717, 1.165) is 24.4 Å². The molecule has 0 spiro atoms. The molecular weight excluding hydrogens is 210 g/mol. The Labute approximate surface area is 95.5 Å². The average Bonchev–Trinajstić information content (AvgIpc) is 2.63. The van der Waals surface area contributed by atoms with Crippen molar-refractivity contribution in [2.75, 3.05) is 20.2 Å². The van der Waals surface area contributed by atoms with E-state index in [1.54, 1.807) is 0 Å². The SMILES string of the molecule is CN(CCO)C1CCc2c(Cl)cccc21. The molecule has 0 amide bonds. The summed E-state index contributed by atoms with van der Waals surface area (Å²) in [6.45, 7) is 0.930. The van der Waals surface area contributed by atoms with Gasteiger partial charge >= 0.3 is 0 Å². The van der Waals surface area contributed by atoms with E-state index in [4.69, 9.17) is 16.7 Å². The number of halogens is 1. The monoisotopic (exact) mass is 225 g/mol. The molecule has 2 nitrogen and oxygen atoms in total. The number of hydrogen-bond donors (Lipinski definition) is 1. The van der Waals surface area contributed by atoms with Gasteiger partial charge in [0.05, 0.1) is 6.61 Å². The fourth-order valence-electron chi connectivity index (χ4n) is 2.36. The van der Waals surface area contributed by atoms with Gasteiger partial charge in [0.1, 0.15) is 0 Å². The highest BCUT2D eigenvalue weighted by Gasteiger charge is 2.26. The smallest absolute Gasteiger partial charge is 0.0558 e. The van der Waals surface area contributed by atoms with Gasteiger partial charge in [0, 0.05) is 17.6 Å². The number of hydrogen-bond acceptors (Lipinski definition) is 2. The normalized spacial score (nSPS) is 19.6. The van der Waals surface area contributed by atoms with Crippen LogP contribution in [0.15, 0.2) is 18.2 Å².